The number of hydrogen-bond donors (Lipinski definition) is 1. The van der Waals surface area contributed by atoms with Crippen molar-refractivity contribution >= 4 is 0 Å². The maximum Gasteiger partial charge on any atom is 0.123 e. The standard InChI is InChI=1S/C23H31FO/c1-7-9-17-12-18(24)13-21(16(6)25)23(17)20-11-8-10-19(14(2)3)22(20)15(4)5/h8,10-16,25H,7,9H2,1-6H3. The molecule has 0 aliphatic rings. The van der Waals surface area contributed by atoms with Crippen LogP contribution in [0.4, 0.5) is 4.39 Å². The number of aryl methyl sites for hydroxylation is 1. The van der Waals surface area contributed by atoms with Gasteiger partial charge in [0.1, 0.15) is 5.82 Å². The maximum atomic E-state index is 14.2. The topological polar surface area (TPSA) is 20.2 Å². The molecule has 25 heavy (non-hydrogen) atoms. The van der Waals surface area contributed by atoms with Crippen molar-refractivity contribution in [1.82, 2.24) is 0 Å². The first-order valence-corrected chi connectivity index (χ1v) is 9.41. The Kier molecular flexibility index (Phi) is 6.40. The number of hydrogen-bond acceptors (Lipinski definition) is 1. The van der Waals surface area contributed by atoms with Crippen molar-refractivity contribution in [1.29, 1.82) is 0 Å². The fraction of sp³-hybridized carbons (Fsp3) is 0.478. The first kappa shape index (κ1) is 19.7. The lowest BCUT2D eigenvalue weighted by Gasteiger charge is -2.24. The van der Waals surface area contributed by atoms with E-state index in [-0.39, 0.29) is 5.82 Å². The summed E-state index contributed by atoms with van der Waals surface area (Å²) in [7, 11) is 0. The Morgan fingerprint density at radius 2 is 1.64 bits per heavy atom. The van der Waals surface area contributed by atoms with Gasteiger partial charge >= 0.3 is 0 Å². The molecule has 0 bridgehead atoms. The van der Waals surface area contributed by atoms with Gasteiger partial charge in [0.15, 0.2) is 0 Å². The highest BCUT2D eigenvalue weighted by Crippen LogP contribution is 2.40. The van der Waals surface area contributed by atoms with Crippen molar-refractivity contribution in [3.05, 3.63) is 58.4 Å². The monoisotopic (exact) mass is 342 g/mol. The van der Waals surface area contributed by atoms with Crippen LogP contribution in [0.3, 0.4) is 0 Å². The molecular formula is C23H31FO. The zero-order valence-electron chi connectivity index (χ0n) is 16.4. The second kappa shape index (κ2) is 8.14. The Balaban J connectivity index is 2.88. The van der Waals surface area contributed by atoms with Crippen LogP contribution in [0.25, 0.3) is 11.1 Å². The van der Waals surface area contributed by atoms with Crippen molar-refractivity contribution in [2.45, 2.75) is 72.3 Å². The van der Waals surface area contributed by atoms with Crippen LogP contribution in [-0.2, 0) is 6.42 Å². The van der Waals surface area contributed by atoms with Crippen molar-refractivity contribution in [3.63, 3.8) is 0 Å². The molecule has 2 rings (SSSR count). The van der Waals surface area contributed by atoms with Crippen LogP contribution in [0.1, 0.15) is 88.2 Å². The highest BCUT2D eigenvalue weighted by Gasteiger charge is 2.22. The molecule has 0 aliphatic carbocycles. The molecule has 136 valence electrons. The Morgan fingerprint density at radius 1 is 0.960 bits per heavy atom. The van der Waals surface area contributed by atoms with Crippen LogP contribution >= 0.6 is 0 Å². The maximum absolute atomic E-state index is 14.2. The predicted octanol–water partition coefficient (Wildman–Crippen LogP) is 6.75. The molecule has 1 unspecified atom stereocenters. The molecule has 1 nitrogen and oxygen atoms in total. The Morgan fingerprint density at radius 3 is 2.16 bits per heavy atom. The van der Waals surface area contributed by atoms with Gasteiger partial charge in [-0.25, -0.2) is 4.39 Å². The highest BCUT2D eigenvalue weighted by atomic mass is 19.1. The zero-order chi connectivity index (χ0) is 18.7. The summed E-state index contributed by atoms with van der Waals surface area (Å²) in [5, 5.41) is 10.3. The Labute approximate surface area is 151 Å². The Hall–Kier alpha value is -1.67. The van der Waals surface area contributed by atoms with Crippen LogP contribution in [0.15, 0.2) is 30.3 Å². The third-order valence-corrected chi connectivity index (χ3v) is 4.79. The van der Waals surface area contributed by atoms with Crippen molar-refractivity contribution in [2.75, 3.05) is 0 Å². The molecule has 0 radical (unpaired) electrons. The molecule has 0 fully saturated rings. The summed E-state index contributed by atoms with van der Waals surface area (Å²) in [6.07, 6.45) is 1.04. The van der Waals surface area contributed by atoms with Crippen LogP contribution in [0.5, 0.6) is 0 Å². The summed E-state index contributed by atoms with van der Waals surface area (Å²) in [4.78, 5) is 0. The molecule has 0 spiro atoms. The molecule has 0 saturated carbocycles. The van der Waals surface area contributed by atoms with E-state index in [9.17, 15) is 9.50 Å². The van der Waals surface area contributed by atoms with Gasteiger partial charge in [0.05, 0.1) is 6.10 Å². The highest BCUT2D eigenvalue weighted by molar-refractivity contribution is 5.76. The van der Waals surface area contributed by atoms with E-state index in [1.54, 1.807) is 13.0 Å². The van der Waals surface area contributed by atoms with E-state index in [1.807, 2.05) is 0 Å². The summed E-state index contributed by atoms with van der Waals surface area (Å²) >= 11 is 0. The van der Waals surface area contributed by atoms with Crippen LogP contribution in [0.2, 0.25) is 0 Å². The van der Waals surface area contributed by atoms with E-state index in [4.69, 9.17) is 0 Å². The third-order valence-electron chi connectivity index (χ3n) is 4.79. The van der Waals surface area contributed by atoms with E-state index in [0.717, 1.165) is 29.5 Å². The number of halogens is 1. The smallest absolute Gasteiger partial charge is 0.123 e. The van der Waals surface area contributed by atoms with Gasteiger partial charge in [-0.3, -0.25) is 0 Å². The first-order valence-electron chi connectivity index (χ1n) is 9.41. The number of rotatable bonds is 6. The average Bonchev–Trinajstić information content (AvgIpc) is 2.53. The minimum Gasteiger partial charge on any atom is -0.389 e. The van der Waals surface area contributed by atoms with Gasteiger partial charge in [-0.15, -0.1) is 0 Å². The van der Waals surface area contributed by atoms with Gasteiger partial charge in [0, 0.05) is 0 Å². The Bertz CT molecular complexity index is 729. The first-order chi connectivity index (χ1) is 11.8. The predicted molar refractivity (Wildman–Crippen MR) is 105 cm³/mol. The summed E-state index contributed by atoms with van der Waals surface area (Å²) < 4.78 is 14.2. The van der Waals surface area contributed by atoms with Crippen molar-refractivity contribution in [3.8, 4) is 11.1 Å². The molecule has 1 N–H and O–H groups in total. The molecule has 0 aliphatic heterocycles. The van der Waals surface area contributed by atoms with Gasteiger partial charge in [0.25, 0.3) is 0 Å². The quantitative estimate of drug-likeness (QED) is 0.616. The lowest BCUT2D eigenvalue weighted by molar-refractivity contribution is 0.199. The summed E-state index contributed by atoms with van der Waals surface area (Å²) in [5.74, 6) is 0.506. The summed E-state index contributed by atoms with van der Waals surface area (Å²) in [5.41, 5.74) is 6.47. The van der Waals surface area contributed by atoms with Gasteiger partial charge in [-0.05, 0) is 70.7 Å². The SMILES string of the molecule is CCCc1cc(F)cc(C(C)O)c1-c1cccc(C(C)C)c1C(C)C. The van der Waals surface area contributed by atoms with Crippen LogP contribution < -0.4 is 0 Å². The largest absolute Gasteiger partial charge is 0.389 e. The lowest BCUT2D eigenvalue weighted by atomic mass is 9.81. The molecule has 0 aromatic heterocycles. The van der Waals surface area contributed by atoms with E-state index < -0.39 is 6.10 Å². The van der Waals surface area contributed by atoms with Crippen LogP contribution in [0, 0.1) is 5.82 Å². The fourth-order valence-electron chi connectivity index (χ4n) is 3.76. The number of benzene rings is 2. The molecule has 0 amide bonds. The molecule has 2 aromatic carbocycles. The van der Waals surface area contributed by atoms with Gasteiger partial charge in [-0.1, -0.05) is 59.2 Å². The molecule has 0 heterocycles. The van der Waals surface area contributed by atoms with Gasteiger partial charge in [0.2, 0.25) is 0 Å². The minimum atomic E-state index is -0.705. The second-order valence-corrected chi connectivity index (χ2v) is 7.57. The molecule has 2 aromatic rings. The van der Waals surface area contributed by atoms with E-state index in [2.05, 4.69) is 52.8 Å². The van der Waals surface area contributed by atoms with E-state index in [1.165, 1.54) is 17.2 Å². The van der Waals surface area contributed by atoms with Crippen molar-refractivity contribution in [2.24, 2.45) is 0 Å². The van der Waals surface area contributed by atoms with Crippen LogP contribution in [-0.4, -0.2) is 5.11 Å². The fourth-order valence-corrected chi connectivity index (χ4v) is 3.76. The second-order valence-electron chi connectivity index (χ2n) is 7.57. The zero-order valence-corrected chi connectivity index (χ0v) is 16.4. The molecule has 0 saturated heterocycles. The number of aliphatic hydroxyl groups is 1. The van der Waals surface area contributed by atoms with E-state index in [0.29, 0.717) is 17.4 Å². The minimum absolute atomic E-state index is 0.269. The average molecular weight is 342 g/mol. The molecule has 2 heteroatoms. The van der Waals surface area contributed by atoms with Gasteiger partial charge in [-0.2, -0.15) is 0 Å². The number of aliphatic hydroxyl groups excluding tert-OH is 1. The van der Waals surface area contributed by atoms with Gasteiger partial charge < -0.3 is 5.11 Å². The third kappa shape index (κ3) is 4.12. The summed E-state index contributed by atoms with van der Waals surface area (Å²) in [6, 6.07) is 9.53. The normalized spacial score (nSPS) is 12.9. The molecular weight excluding hydrogens is 311 g/mol. The summed E-state index contributed by atoms with van der Waals surface area (Å²) in [6.45, 7) is 12.6. The van der Waals surface area contributed by atoms with Crippen molar-refractivity contribution < 1.29 is 9.50 Å². The molecule has 1 atom stereocenters. The lowest BCUT2D eigenvalue weighted by Crippen LogP contribution is -2.07. The van der Waals surface area contributed by atoms with E-state index >= 15 is 0 Å².